The van der Waals surface area contributed by atoms with Gasteiger partial charge in [0.25, 0.3) is 0 Å². The van der Waals surface area contributed by atoms with Crippen molar-refractivity contribution >= 4 is 29.7 Å². The van der Waals surface area contributed by atoms with E-state index >= 15 is 0 Å². The van der Waals surface area contributed by atoms with Gasteiger partial charge >= 0.3 is 17.9 Å². The van der Waals surface area contributed by atoms with E-state index in [9.17, 15) is 14.4 Å². The van der Waals surface area contributed by atoms with Gasteiger partial charge in [0.1, 0.15) is 48.2 Å². The van der Waals surface area contributed by atoms with Gasteiger partial charge in [0, 0.05) is 33.4 Å². The van der Waals surface area contributed by atoms with E-state index in [1.165, 1.54) is 39.6 Å². The Bertz CT molecular complexity index is 1170. The molecular formula is C26H34N4O9S. The molecule has 2 N–H and O–H groups in total. The lowest BCUT2D eigenvalue weighted by Crippen LogP contribution is -2.63. The van der Waals surface area contributed by atoms with Gasteiger partial charge in [0.05, 0.1) is 30.7 Å². The summed E-state index contributed by atoms with van der Waals surface area (Å²) in [6.07, 6.45) is -1.33. The number of benzene rings is 1. The summed E-state index contributed by atoms with van der Waals surface area (Å²) in [6, 6.07) is 8.33. The Morgan fingerprint density at radius 3 is 2.38 bits per heavy atom. The minimum Gasteiger partial charge on any atom is -0.463 e. The van der Waals surface area contributed by atoms with Crippen molar-refractivity contribution in [2.45, 2.75) is 68.0 Å². The van der Waals surface area contributed by atoms with Gasteiger partial charge in [-0.2, -0.15) is 0 Å². The second kappa shape index (κ2) is 13.5. The summed E-state index contributed by atoms with van der Waals surface area (Å²) in [6.45, 7) is 4.18. The fraction of sp³-hybridized carbons (Fsp3) is 0.577. The molecule has 2 aliphatic rings. The largest absolute Gasteiger partial charge is 0.463 e. The van der Waals surface area contributed by atoms with Gasteiger partial charge in [-0.1, -0.05) is 35.5 Å². The molecule has 2 aliphatic heterocycles. The first-order chi connectivity index (χ1) is 19.2. The smallest absolute Gasteiger partial charge is 0.303 e. The predicted octanol–water partition coefficient (Wildman–Crippen LogP) is 1.11. The highest BCUT2D eigenvalue weighted by Crippen LogP contribution is 2.39. The van der Waals surface area contributed by atoms with E-state index in [4.69, 9.17) is 34.2 Å². The van der Waals surface area contributed by atoms with Crippen LogP contribution in [-0.4, -0.2) is 101 Å². The molecule has 1 aromatic carbocycles. The van der Waals surface area contributed by atoms with Crippen molar-refractivity contribution in [3.63, 3.8) is 0 Å². The number of nitrogens with two attached hydrogens (primary N) is 1. The van der Waals surface area contributed by atoms with Crippen LogP contribution in [0.3, 0.4) is 0 Å². The molecule has 218 valence electrons. The zero-order chi connectivity index (χ0) is 28.8. The fourth-order valence-electron chi connectivity index (χ4n) is 4.79. The van der Waals surface area contributed by atoms with E-state index < -0.39 is 65.1 Å². The van der Waals surface area contributed by atoms with Crippen LogP contribution in [0.25, 0.3) is 11.3 Å². The lowest BCUT2D eigenvalue weighted by atomic mass is 9.97. The Labute approximate surface area is 235 Å². The molecule has 2 aromatic rings. The molecule has 1 aromatic heterocycles. The molecule has 0 radical (unpaired) electrons. The summed E-state index contributed by atoms with van der Waals surface area (Å²) in [5, 5.41) is 8.18. The Morgan fingerprint density at radius 1 is 1.02 bits per heavy atom. The van der Waals surface area contributed by atoms with E-state index in [1.807, 2.05) is 30.3 Å². The Morgan fingerprint density at radius 2 is 1.73 bits per heavy atom. The third-order valence-electron chi connectivity index (χ3n) is 6.57. The summed E-state index contributed by atoms with van der Waals surface area (Å²) in [5.41, 5.74) is 7.36. The number of hydrogen-bond acceptors (Lipinski definition) is 13. The van der Waals surface area contributed by atoms with Gasteiger partial charge in [-0.25, -0.2) is 4.68 Å². The molecule has 14 heteroatoms. The van der Waals surface area contributed by atoms with Gasteiger partial charge in [-0.15, -0.1) is 16.9 Å². The highest BCUT2D eigenvalue weighted by atomic mass is 32.2. The molecular weight excluding hydrogens is 544 g/mol. The maximum Gasteiger partial charge on any atom is 0.303 e. The summed E-state index contributed by atoms with van der Waals surface area (Å²) in [4.78, 5) is 35.5. The molecule has 8 atom stereocenters. The van der Waals surface area contributed by atoms with Crippen molar-refractivity contribution in [2.75, 3.05) is 26.9 Å². The number of hydrogen-bond donors (Lipinski definition) is 1. The normalized spacial score (nSPS) is 30.3. The maximum absolute atomic E-state index is 12.2. The zero-order valence-electron chi connectivity index (χ0n) is 22.7. The highest BCUT2D eigenvalue weighted by molar-refractivity contribution is 8.00. The molecule has 0 amide bonds. The van der Waals surface area contributed by atoms with Crippen LogP contribution in [0.5, 0.6) is 0 Å². The molecule has 0 bridgehead atoms. The number of carbonyl (C=O) groups excluding carboxylic acids is 3. The number of methoxy groups -OCH3 is 1. The zero-order valence-corrected chi connectivity index (χ0v) is 23.5. The number of esters is 3. The molecule has 0 unspecified atom stereocenters. The lowest BCUT2D eigenvalue weighted by molar-refractivity contribution is -0.196. The molecule has 3 heterocycles. The molecule has 0 aliphatic carbocycles. The second-order valence-electron chi connectivity index (χ2n) is 9.50. The Kier molecular flexibility index (Phi) is 10.1. The van der Waals surface area contributed by atoms with E-state index in [1.54, 1.807) is 10.9 Å². The van der Waals surface area contributed by atoms with Gasteiger partial charge in [0.2, 0.25) is 0 Å². The minimum absolute atomic E-state index is 0.174. The van der Waals surface area contributed by atoms with Crippen molar-refractivity contribution in [2.24, 2.45) is 5.73 Å². The van der Waals surface area contributed by atoms with Crippen molar-refractivity contribution in [3.05, 3.63) is 36.5 Å². The molecule has 2 fully saturated rings. The summed E-state index contributed by atoms with van der Waals surface area (Å²) in [7, 11) is 1.48. The van der Waals surface area contributed by atoms with Crippen LogP contribution in [0.1, 0.15) is 26.8 Å². The van der Waals surface area contributed by atoms with Crippen LogP contribution < -0.4 is 5.73 Å². The predicted molar refractivity (Wildman–Crippen MR) is 142 cm³/mol. The number of nitrogens with zero attached hydrogens (tertiary/aromatic N) is 3. The maximum atomic E-state index is 12.2. The summed E-state index contributed by atoms with van der Waals surface area (Å²) < 4.78 is 35.9. The Hall–Kier alpha value is -3.04. The number of ether oxygens (including phenoxy) is 6. The highest BCUT2D eigenvalue weighted by Gasteiger charge is 2.50. The molecule has 40 heavy (non-hydrogen) atoms. The second-order valence-corrected chi connectivity index (χ2v) is 10.8. The number of aromatic nitrogens is 3. The molecule has 4 rings (SSSR count). The van der Waals surface area contributed by atoms with Crippen LogP contribution in [0, 0.1) is 0 Å². The third kappa shape index (κ3) is 7.18. The standard InChI is InChI=1S/C26H34N4O9S/c1-14(31)36-12-20-24(38-16(3)33)22(27)25(34-4)26(39-20)40-21-13-35-11-19(23(21)37-15(2)32)30-10-18(28-29-30)17-8-6-5-7-9-17/h5-10,19-26H,11-13,27H2,1-4H3/t19-,20+,21+,22-,23+,24-,25+,26-/m0/s1. The van der Waals surface area contributed by atoms with E-state index in [2.05, 4.69) is 10.3 Å². The van der Waals surface area contributed by atoms with Crippen LogP contribution in [0.4, 0.5) is 0 Å². The van der Waals surface area contributed by atoms with Crippen molar-refractivity contribution in [1.29, 1.82) is 0 Å². The topological polar surface area (TPSA) is 163 Å². The van der Waals surface area contributed by atoms with Crippen LogP contribution in [0.2, 0.25) is 0 Å². The quantitative estimate of drug-likeness (QED) is 0.333. The third-order valence-corrected chi connectivity index (χ3v) is 7.98. The van der Waals surface area contributed by atoms with Crippen molar-refractivity contribution in [1.82, 2.24) is 15.0 Å². The average Bonchev–Trinajstić information content (AvgIpc) is 3.40. The van der Waals surface area contributed by atoms with Gasteiger partial charge in [-0.05, 0) is 0 Å². The molecule has 0 saturated carbocycles. The summed E-state index contributed by atoms with van der Waals surface area (Å²) in [5.74, 6) is -1.53. The lowest BCUT2D eigenvalue weighted by Gasteiger charge is -2.45. The Balaban J connectivity index is 1.57. The minimum atomic E-state index is -0.912. The van der Waals surface area contributed by atoms with E-state index in [0.717, 1.165) is 5.56 Å². The van der Waals surface area contributed by atoms with Crippen LogP contribution >= 0.6 is 11.8 Å². The summed E-state index contributed by atoms with van der Waals surface area (Å²) >= 11 is 1.32. The van der Waals surface area contributed by atoms with Crippen molar-refractivity contribution in [3.8, 4) is 11.3 Å². The van der Waals surface area contributed by atoms with Crippen molar-refractivity contribution < 1.29 is 42.8 Å². The number of thioether (sulfide) groups is 1. The molecule has 13 nitrogen and oxygen atoms in total. The van der Waals surface area contributed by atoms with Crippen LogP contribution in [-0.2, 0) is 42.8 Å². The average molecular weight is 579 g/mol. The molecule has 2 saturated heterocycles. The van der Waals surface area contributed by atoms with Crippen LogP contribution in [0.15, 0.2) is 36.5 Å². The number of rotatable bonds is 9. The van der Waals surface area contributed by atoms with Gasteiger partial charge in [-0.3, -0.25) is 14.4 Å². The van der Waals surface area contributed by atoms with E-state index in [-0.39, 0.29) is 19.8 Å². The van der Waals surface area contributed by atoms with E-state index in [0.29, 0.717) is 5.69 Å². The van der Waals surface area contributed by atoms with Gasteiger partial charge < -0.3 is 34.2 Å². The monoisotopic (exact) mass is 578 g/mol. The first-order valence-corrected chi connectivity index (χ1v) is 13.7. The SMILES string of the molecule is CO[C@@H]1[C@@H](N)[C@@H](OC(C)=O)[C@@H](COC(C)=O)O[C@H]1S[C@@H]1COC[C@H](n2cc(-c3ccccc3)nn2)[C@H]1OC(C)=O. The first-order valence-electron chi connectivity index (χ1n) is 12.8. The van der Waals surface area contributed by atoms with Gasteiger partial charge in [0.15, 0.2) is 0 Å². The molecule has 0 spiro atoms. The fourth-order valence-corrected chi connectivity index (χ4v) is 6.35. The first kappa shape index (κ1) is 29.9. The number of carbonyl (C=O) groups is 3.